The maximum Gasteiger partial charge on any atom is 0.0603 e. The third-order valence-electron chi connectivity index (χ3n) is 2.61. The van der Waals surface area contributed by atoms with Crippen molar-refractivity contribution in [3.63, 3.8) is 0 Å². The Kier molecular flexibility index (Phi) is 0.884. The summed E-state index contributed by atoms with van der Waals surface area (Å²) in [7, 11) is 0. The zero-order chi connectivity index (χ0) is 5.56. The average molecular weight is 112 g/mol. The van der Waals surface area contributed by atoms with Crippen LogP contribution < -0.4 is 0 Å². The van der Waals surface area contributed by atoms with Crippen LogP contribution in [0.25, 0.3) is 0 Å². The van der Waals surface area contributed by atoms with Gasteiger partial charge in [-0.05, 0) is 24.7 Å². The van der Waals surface area contributed by atoms with Crippen molar-refractivity contribution in [2.45, 2.75) is 31.8 Å². The van der Waals surface area contributed by atoms with Gasteiger partial charge in [0.1, 0.15) is 0 Å². The molecule has 0 saturated heterocycles. The second kappa shape index (κ2) is 1.47. The fourth-order valence-corrected chi connectivity index (χ4v) is 1.95. The van der Waals surface area contributed by atoms with Gasteiger partial charge in [0.15, 0.2) is 0 Å². The largest absolute Gasteiger partial charge is 0.393 e. The zero-order valence-corrected chi connectivity index (χ0v) is 5.01. The van der Waals surface area contributed by atoms with Gasteiger partial charge >= 0.3 is 0 Å². The highest BCUT2D eigenvalue weighted by atomic mass is 16.3. The first-order valence-electron chi connectivity index (χ1n) is 3.57. The molecule has 2 atom stereocenters. The van der Waals surface area contributed by atoms with E-state index in [1.165, 1.54) is 25.7 Å². The van der Waals surface area contributed by atoms with Crippen molar-refractivity contribution < 1.29 is 5.11 Å². The van der Waals surface area contributed by atoms with Crippen molar-refractivity contribution in [3.05, 3.63) is 0 Å². The van der Waals surface area contributed by atoms with E-state index >= 15 is 0 Å². The van der Waals surface area contributed by atoms with Crippen LogP contribution >= 0.6 is 0 Å². The maximum atomic E-state index is 9.13. The minimum atomic E-state index is 0.109. The fourth-order valence-electron chi connectivity index (χ4n) is 1.95. The molecular formula is C7H12O. The van der Waals surface area contributed by atoms with Crippen molar-refractivity contribution in [3.8, 4) is 0 Å². The molecule has 2 aliphatic carbocycles. The molecule has 2 fully saturated rings. The van der Waals surface area contributed by atoms with Gasteiger partial charge in [0.2, 0.25) is 0 Å². The van der Waals surface area contributed by atoms with E-state index in [0.29, 0.717) is 0 Å². The topological polar surface area (TPSA) is 20.2 Å². The van der Waals surface area contributed by atoms with Crippen molar-refractivity contribution >= 4 is 0 Å². The third-order valence-corrected chi connectivity index (χ3v) is 2.61. The molecule has 1 nitrogen and oxygen atoms in total. The van der Waals surface area contributed by atoms with E-state index in [1.54, 1.807) is 0 Å². The minimum absolute atomic E-state index is 0.109. The molecule has 2 saturated carbocycles. The van der Waals surface area contributed by atoms with E-state index in [9.17, 15) is 0 Å². The Hall–Kier alpha value is -0.0400. The summed E-state index contributed by atoms with van der Waals surface area (Å²) in [5, 5.41) is 9.13. The van der Waals surface area contributed by atoms with Crippen LogP contribution in [0.5, 0.6) is 0 Å². The summed E-state index contributed by atoms with van der Waals surface area (Å²) in [4.78, 5) is 0. The van der Waals surface area contributed by atoms with Gasteiger partial charge in [0.05, 0.1) is 6.10 Å². The lowest BCUT2D eigenvalue weighted by Crippen LogP contribution is -1.91. The van der Waals surface area contributed by atoms with Gasteiger partial charge in [-0.3, -0.25) is 0 Å². The first kappa shape index (κ1) is 4.80. The summed E-state index contributed by atoms with van der Waals surface area (Å²) < 4.78 is 0. The van der Waals surface area contributed by atoms with Crippen LogP contribution in [0.4, 0.5) is 0 Å². The number of aliphatic hydroxyl groups excluding tert-OH is 1. The number of aliphatic hydroxyl groups is 1. The van der Waals surface area contributed by atoms with Gasteiger partial charge < -0.3 is 5.11 Å². The molecule has 0 bridgehead atoms. The number of hydrogen-bond acceptors (Lipinski definition) is 1. The summed E-state index contributed by atoms with van der Waals surface area (Å²) in [6.45, 7) is 0. The quantitative estimate of drug-likeness (QED) is 0.498. The summed E-state index contributed by atoms with van der Waals surface area (Å²) in [6, 6.07) is 0. The molecule has 0 spiro atoms. The Morgan fingerprint density at radius 2 is 1.50 bits per heavy atom. The van der Waals surface area contributed by atoms with Crippen LogP contribution in [0, 0.1) is 11.8 Å². The summed E-state index contributed by atoms with van der Waals surface area (Å²) >= 11 is 0. The van der Waals surface area contributed by atoms with Crippen molar-refractivity contribution in [1.29, 1.82) is 0 Å². The van der Waals surface area contributed by atoms with Crippen LogP contribution in [0.1, 0.15) is 25.7 Å². The molecule has 0 heterocycles. The average Bonchev–Trinajstić information content (AvgIpc) is 2.46. The second-order valence-electron chi connectivity index (χ2n) is 3.10. The SMILES string of the molecule is OC1C2CCCCC12. The second-order valence-corrected chi connectivity index (χ2v) is 3.10. The van der Waals surface area contributed by atoms with Crippen molar-refractivity contribution in [2.75, 3.05) is 0 Å². The highest BCUT2D eigenvalue weighted by Crippen LogP contribution is 2.49. The smallest absolute Gasteiger partial charge is 0.0603 e. The van der Waals surface area contributed by atoms with Gasteiger partial charge in [0, 0.05) is 0 Å². The molecule has 2 unspecified atom stereocenters. The van der Waals surface area contributed by atoms with Crippen molar-refractivity contribution in [2.24, 2.45) is 11.8 Å². The Morgan fingerprint density at radius 3 is 1.88 bits per heavy atom. The summed E-state index contributed by atoms with van der Waals surface area (Å²) in [5.41, 5.74) is 0. The molecule has 46 valence electrons. The standard InChI is InChI=1S/C7H12O/c8-7-5-3-1-2-4-6(5)7/h5-8H,1-4H2. The number of rotatable bonds is 0. The molecule has 0 aromatic heterocycles. The van der Waals surface area contributed by atoms with Gasteiger partial charge in [-0.25, -0.2) is 0 Å². The van der Waals surface area contributed by atoms with Crippen LogP contribution in [-0.4, -0.2) is 11.2 Å². The van der Waals surface area contributed by atoms with Gasteiger partial charge in [0.25, 0.3) is 0 Å². The molecule has 8 heavy (non-hydrogen) atoms. The molecule has 1 heteroatoms. The molecule has 0 aliphatic heterocycles. The highest BCUT2D eigenvalue weighted by Gasteiger charge is 2.49. The molecule has 1 N–H and O–H groups in total. The van der Waals surface area contributed by atoms with E-state index in [2.05, 4.69) is 0 Å². The molecule has 2 rings (SSSR count). The first-order chi connectivity index (χ1) is 3.89. The number of hydrogen-bond donors (Lipinski definition) is 1. The molecule has 0 amide bonds. The maximum absolute atomic E-state index is 9.13. The normalized spacial score (nSPS) is 52.9. The predicted octanol–water partition coefficient (Wildman–Crippen LogP) is 1.17. The van der Waals surface area contributed by atoms with Crippen LogP contribution in [0.3, 0.4) is 0 Å². The first-order valence-corrected chi connectivity index (χ1v) is 3.57. The molecule has 0 aromatic carbocycles. The Bertz CT molecular complexity index is 88.6. The van der Waals surface area contributed by atoms with Crippen LogP contribution in [-0.2, 0) is 0 Å². The Balaban J connectivity index is 1.97. The van der Waals surface area contributed by atoms with E-state index in [4.69, 9.17) is 5.11 Å². The van der Waals surface area contributed by atoms with E-state index in [-0.39, 0.29) is 6.10 Å². The fraction of sp³-hybridized carbons (Fsp3) is 1.00. The monoisotopic (exact) mass is 112 g/mol. The van der Waals surface area contributed by atoms with Gasteiger partial charge in [-0.2, -0.15) is 0 Å². The van der Waals surface area contributed by atoms with Gasteiger partial charge in [-0.1, -0.05) is 12.8 Å². The Labute approximate surface area is 49.7 Å². The van der Waals surface area contributed by atoms with E-state index in [1.807, 2.05) is 0 Å². The minimum Gasteiger partial charge on any atom is -0.393 e. The van der Waals surface area contributed by atoms with Crippen LogP contribution in [0.2, 0.25) is 0 Å². The Morgan fingerprint density at radius 1 is 1.00 bits per heavy atom. The van der Waals surface area contributed by atoms with Crippen LogP contribution in [0.15, 0.2) is 0 Å². The lowest BCUT2D eigenvalue weighted by molar-refractivity contribution is 0.248. The van der Waals surface area contributed by atoms with Crippen molar-refractivity contribution in [1.82, 2.24) is 0 Å². The molecule has 2 aliphatic rings. The molecule has 0 aromatic rings. The highest BCUT2D eigenvalue weighted by molar-refractivity contribution is 4.99. The third kappa shape index (κ3) is 0.510. The molecule has 0 radical (unpaired) electrons. The summed E-state index contributed by atoms with van der Waals surface area (Å²) in [5.74, 6) is 1.45. The zero-order valence-electron chi connectivity index (χ0n) is 5.01. The number of fused-ring (bicyclic) bond motifs is 1. The van der Waals surface area contributed by atoms with E-state index in [0.717, 1.165) is 11.8 Å². The van der Waals surface area contributed by atoms with E-state index < -0.39 is 0 Å². The van der Waals surface area contributed by atoms with Gasteiger partial charge in [-0.15, -0.1) is 0 Å². The molecular weight excluding hydrogens is 100 g/mol. The lowest BCUT2D eigenvalue weighted by atomic mass is 10.0. The summed E-state index contributed by atoms with van der Waals surface area (Å²) in [6.07, 6.45) is 5.42. The lowest BCUT2D eigenvalue weighted by Gasteiger charge is -2.04. The predicted molar refractivity (Wildman–Crippen MR) is 31.5 cm³/mol.